The van der Waals surface area contributed by atoms with Gasteiger partial charge in [-0.15, -0.1) is 0 Å². The summed E-state index contributed by atoms with van der Waals surface area (Å²) in [7, 11) is 0. The van der Waals surface area contributed by atoms with Crippen molar-refractivity contribution >= 4 is 33.4 Å². The Morgan fingerprint density at radius 1 is 1.00 bits per heavy atom. The molecule has 0 spiro atoms. The van der Waals surface area contributed by atoms with Crippen LogP contribution in [0.5, 0.6) is 0 Å². The Hall–Kier alpha value is -2.99. The van der Waals surface area contributed by atoms with Crippen LogP contribution in [0.3, 0.4) is 0 Å². The number of pyridine rings is 1. The molecule has 0 bridgehead atoms. The molecular formula is C23H20BrN3O2. The number of aromatic nitrogens is 1. The first-order valence-electron chi connectivity index (χ1n) is 9.45. The van der Waals surface area contributed by atoms with Gasteiger partial charge in [-0.25, -0.2) is 0 Å². The first-order chi connectivity index (χ1) is 14.0. The SMILES string of the molecule is Cc1nc(-c2cccc(Br)c2)ccc1C(=O)Nc1ccc(C(=O)NC2CC2)cc1. The number of benzene rings is 2. The number of hydrogen-bond acceptors (Lipinski definition) is 3. The van der Waals surface area contributed by atoms with Crippen LogP contribution in [0.15, 0.2) is 65.1 Å². The molecule has 2 amide bonds. The van der Waals surface area contributed by atoms with Gasteiger partial charge in [-0.1, -0.05) is 28.1 Å². The molecule has 0 unspecified atom stereocenters. The molecule has 0 saturated heterocycles. The molecule has 0 aliphatic heterocycles. The van der Waals surface area contributed by atoms with E-state index in [-0.39, 0.29) is 11.8 Å². The van der Waals surface area contributed by atoms with E-state index in [1.165, 1.54) is 0 Å². The number of anilines is 1. The van der Waals surface area contributed by atoms with Gasteiger partial charge >= 0.3 is 0 Å². The first-order valence-corrected chi connectivity index (χ1v) is 10.2. The van der Waals surface area contributed by atoms with Crippen LogP contribution in [0.2, 0.25) is 0 Å². The van der Waals surface area contributed by atoms with Crippen molar-refractivity contribution < 1.29 is 9.59 Å². The van der Waals surface area contributed by atoms with E-state index in [1.807, 2.05) is 37.3 Å². The van der Waals surface area contributed by atoms with Gasteiger partial charge in [0.05, 0.1) is 17.0 Å². The Labute approximate surface area is 177 Å². The fraction of sp³-hybridized carbons (Fsp3) is 0.174. The summed E-state index contributed by atoms with van der Waals surface area (Å²) in [4.78, 5) is 29.3. The molecule has 146 valence electrons. The first kappa shape index (κ1) is 19.3. The molecule has 29 heavy (non-hydrogen) atoms. The van der Waals surface area contributed by atoms with Gasteiger partial charge in [-0.3, -0.25) is 14.6 Å². The number of nitrogens with zero attached hydrogens (tertiary/aromatic N) is 1. The third-order valence-electron chi connectivity index (χ3n) is 4.77. The maximum absolute atomic E-state index is 12.7. The van der Waals surface area contributed by atoms with Crippen molar-refractivity contribution in [1.82, 2.24) is 10.3 Å². The highest BCUT2D eigenvalue weighted by Gasteiger charge is 2.23. The third kappa shape index (κ3) is 4.71. The third-order valence-corrected chi connectivity index (χ3v) is 5.26. The van der Waals surface area contributed by atoms with E-state index in [9.17, 15) is 9.59 Å². The summed E-state index contributed by atoms with van der Waals surface area (Å²) in [6, 6.07) is 18.7. The molecular weight excluding hydrogens is 430 g/mol. The average Bonchev–Trinajstić information content (AvgIpc) is 3.52. The molecule has 3 aromatic rings. The van der Waals surface area contributed by atoms with E-state index in [0.717, 1.165) is 28.6 Å². The summed E-state index contributed by atoms with van der Waals surface area (Å²) in [5.74, 6) is -0.306. The number of rotatable bonds is 5. The number of hydrogen-bond donors (Lipinski definition) is 2. The molecule has 0 atom stereocenters. The maximum atomic E-state index is 12.7. The van der Waals surface area contributed by atoms with Crippen LogP contribution >= 0.6 is 15.9 Å². The lowest BCUT2D eigenvalue weighted by atomic mass is 10.1. The zero-order chi connectivity index (χ0) is 20.4. The van der Waals surface area contributed by atoms with Gasteiger partial charge in [0.1, 0.15) is 0 Å². The van der Waals surface area contributed by atoms with Gasteiger partial charge in [0.25, 0.3) is 11.8 Å². The highest BCUT2D eigenvalue weighted by atomic mass is 79.9. The van der Waals surface area contributed by atoms with Crippen LogP contribution in [0.25, 0.3) is 11.3 Å². The number of carbonyl (C=O) groups excluding carboxylic acids is 2. The molecule has 2 aromatic carbocycles. The fourth-order valence-corrected chi connectivity index (χ4v) is 3.41. The van der Waals surface area contributed by atoms with Crippen LogP contribution in [-0.4, -0.2) is 22.8 Å². The zero-order valence-corrected chi connectivity index (χ0v) is 17.5. The molecule has 6 heteroatoms. The summed E-state index contributed by atoms with van der Waals surface area (Å²) in [5.41, 5.74) is 4.18. The molecule has 1 fully saturated rings. The number of halogens is 1. The van der Waals surface area contributed by atoms with Gasteiger partial charge < -0.3 is 10.6 Å². The quantitative estimate of drug-likeness (QED) is 0.577. The van der Waals surface area contributed by atoms with Crippen LogP contribution in [-0.2, 0) is 0 Å². The van der Waals surface area contributed by atoms with E-state index in [0.29, 0.717) is 28.6 Å². The Morgan fingerprint density at radius 2 is 1.76 bits per heavy atom. The van der Waals surface area contributed by atoms with E-state index >= 15 is 0 Å². The lowest BCUT2D eigenvalue weighted by Crippen LogP contribution is -2.25. The second-order valence-electron chi connectivity index (χ2n) is 7.12. The number of carbonyl (C=O) groups is 2. The second-order valence-corrected chi connectivity index (χ2v) is 8.03. The predicted octanol–water partition coefficient (Wildman–Crippen LogP) is 4.96. The van der Waals surface area contributed by atoms with Gasteiger partial charge in [-0.05, 0) is 68.3 Å². The summed E-state index contributed by atoms with van der Waals surface area (Å²) in [6.07, 6.45) is 2.10. The molecule has 5 nitrogen and oxygen atoms in total. The standard InChI is InChI=1S/C23H20BrN3O2/c1-14-20(11-12-21(25-14)16-3-2-4-17(24)13-16)23(29)27-18-7-5-15(6-8-18)22(28)26-19-9-10-19/h2-8,11-13,19H,9-10H2,1H3,(H,26,28)(H,27,29). The monoisotopic (exact) mass is 449 g/mol. The number of nitrogens with one attached hydrogen (secondary N) is 2. The predicted molar refractivity (Wildman–Crippen MR) is 117 cm³/mol. The molecule has 1 aliphatic rings. The average molecular weight is 450 g/mol. The minimum atomic E-state index is -0.231. The van der Waals surface area contributed by atoms with Crippen molar-refractivity contribution in [2.45, 2.75) is 25.8 Å². The van der Waals surface area contributed by atoms with Gasteiger partial charge in [0, 0.05) is 27.3 Å². The zero-order valence-electron chi connectivity index (χ0n) is 15.9. The Bertz CT molecular complexity index is 1080. The van der Waals surface area contributed by atoms with Gasteiger partial charge in [-0.2, -0.15) is 0 Å². The molecule has 1 aromatic heterocycles. The van der Waals surface area contributed by atoms with Crippen molar-refractivity contribution in [2.24, 2.45) is 0 Å². The minimum absolute atomic E-state index is 0.0754. The summed E-state index contributed by atoms with van der Waals surface area (Å²) >= 11 is 3.46. The maximum Gasteiger partial charge on any atom is 0.257 e. The van der Waals surface area contributed by atoms with Crippen molar-refractivity contribution in [3.8, 4) is 11.3 Å². The largest absolute Gasteiger partial charge is 0.349 e. The fourth-order valence-electron chi connectivity index (χ4n) is 3.01. The van der Waals surface area contributed by atoms with E-state index in [4.69, 9.17) is 0 Å². The van der Waals surface area contributed by atoms with Crippen LogP contribution in [0.4, 0.5) is 5.69 Å². The topological polar surface area (TPSA) is 71.1 Å². The summed E-state index contributed by atoms with van der Waals surface area (Å²) < 4.78 is 0.977. The van der Waals surface area contributed by atoms with Crippen molar-refractivity contribution in [3.63, 3.8) is 0 Å². The van der Waals surface area contributed by atoms with Gasteiger partial charge in [0.2, 0.25) is 0 Å². The van der Waals surface area contributed by atoms with Crippen LogP contribution < -0.4 is 10.6 Å². The highest BCUT2D eigenvalue weighted by molar-refractivity contribution is 9.10. The molecule has 0 radical (unpaired) electrons. The molecule has 1 aliphatic carbocycles. The Morgan fingerprint density at radius 3 is 2.41 bits per heavy atom. The Kier molecular flexibility index (Phi) is 5.45. The molecule has 1 saturated carbocycles. The lowest BCUT2D eigenvalue weighted by Gasteiger charge is -2.10. The number of aryl methyl sites for hydroxylation is 1. The molecule has 2 N–H and O–H groups in total. The Balaban J connectivity index is 1.46. The van der Waals surface area contributed by atoms with Gasteiger partial charge in [0.15, 0.2) is 0 Å². The van der Waals surface area contributed by atoms with E-state index in [1.54, 1.807) is 30.3 Å². The normalized spacial score (nSPS) is 13.0. The smallest absolute Gasteiger partial charge is 0.257 e. The number of amides is 2. The van der Waals surface area contributed by atoms with Crippen LogP contribution in [0, 0.1) is 6.92 Å². The van der Waals surface area contributed by atoms with Crippen molar-refractivity contribution in [1.29, 1.82) is 0 Å². The van der Waals surface area contributed by atoms with Crippen molar-refractivity contribution in [2.75, 3.05) is 5.32 Å². The van der Waals surface area contributed by atoms with E-state index in [2.05, 4.69) is 31.5 Å². The lowest BCUT2D eigenvalue weighted by molar-refractivity contribution is 0.0950. The van der Waals surface area contributed by atoms with Crippen molar-refractivity contribution in [3.05, 3.63) is 82.0 Å². The second kappa shape index (κ2) is 8.17. The molecule has 1 heterocycles. The highest BCUT2D eigenvalue weighted by Crippen LogP contribution is 2.23. The van der Waals surface area contributed by atoms with E-state index < -0.39 is 0 Å². The summed E-state index contributed by atoms with van der Waals surface area (Å²) in [6.45, 7) is 1.82. The molecule has 4 rings (SSSR count). The van der Waals surface area contributed by atoms with Crippen LogP contribution in [0.1, 0.15) is 39.3 Å². The minimum Gasteiger partial charge on any atom is -0.349 e. The summed E-state index contributed by atoms with van der Waals surface area (Å²) in [5, 5.41) is 5.82.